The van der Waals surface area contributed by atoms with Crippen molar-refractivity contribution in [2.75, 3.05) is 0 Å². The minimum absolute atomic E-state index is 0.116. The van der Waals surface area contributed by atoms with Gasteiger partial charge >= 0.3 is 0 Å². The molecule has 1 aliphatic carbocycles. The molecule has 7 heteroatoms. The molecule has 0 saturated carbocycles. The average molecular weight is 310 g/mol. The first-order valence-corrected chi connectivity index (χ1v) is 7.70. The van der Waals surface area contributed by atoms with Gasteiger partial charge in [-0.05, 0) is 43.0 Å². The maximum Gasteiger partial charge on any atom is 0.269 e. The van der Waals surface area contributed by atoms with Gasteiger partial charge in [0.2, 0.25) is 0 Å². The lowest BCUT2D eigenvalue weighted by Gasteiger charge is -2.22. The molecule has 1 amide bonds. The summed E-state index contributed by atoms with van der Waals surface area (Å²) in [5, 5.41) is 17.2. The molecule has 7 nitrogen and oxygen atoms in total. The molecular formula is C16H18N6O. The average Bonchev–Trinajstić information content (AvgIpc) is 3.25. The second-order valence-electron chi connectivity index (χ2n) is 5.96. The van der Waals surface area contributed by atoms with Crippen LogP contribution in [-0.2, 0) is 19.9 Å². The van der Waals surface area contributed by atoms with Crippen LogP contribution in [0.5, 0.6) is 0 Å². The van der Waals surface area contributed by atoms with E-state index in [4.69, 9.17) is 0 Å². The summed E-state index contributed by atoms with van der Waals surface area (Å²) in [5.74, 6) is -0.116. The molecule has 3 heterocycles. The molecule has 3 N–H and O–H groups in total. The predicted octanol–water partition coefficient (Wildman–Crippen LogP) is 1.43. The van der Waals surface area contributed by atoms with Crippen LogP contribution in [-0.4, -0.2) is 36.9 Å². The second-order valence-corrected chi connectivity index (χ2v) is 5.96. The Balaban J connectivity index is 1.46. The summed E-state index contributed by atoms with van der Waals surface area (Å²) in [4.78, 5) is 12.4. The third kappa shape index (κ3) is 2.54. The number of rotatable bonds is 3. The molecule has 0 saturated heterocycles. The number of nitrogens with zero attached hydrogens (tertiary/aromatic N) is 3. The van der Waals surface area contributed by atoms with Crippen LogP contribution < -0.4 is 5.32 Å². The fourth-order valence-electron chi connectivity index (χ4n) is 3.10. The first-order valence-electron chi connectivity index (χ1n) is 7.70. The number of aromatic nitrogens is 5. The number of nitrogens with one attached hydrogen (secondary N) is 3. The summed E-state index contributed by atoms with van der Waals surface area (Å²) < 4.78 is 1.97. The lowest BCUT2D eigenvalue weighted by molar-refractivity contribution is 0.0928. The normalized spacial score (nSPS) is 17.0. The van der Waals surface area contributed by atoms with Crippen molar-refractivity contribution in [3.63, 3.8) is 0 Å². The third-order valence-corrected chi connectivity index (χ3v) is 4.38. The molecule has 23 heavy (non-hydrogen) atoms. The summed E-state index contributed by atoms with van der Waals surface area (Å²) in [6.45, 7) is 0. The fourth-order valence-corrected chi connectivity index (χ4v) is 3.10. The van der Waals surface area contributed by atoms with Crippen LogP contribution >= 0.6 is 0 Å². The van der Waals surface area contributed by atoms with Crippen LogP contribution in [0.15, 0.2) is 30.6 Å². The highest BCUT2D eigenvalue weighted by Crippen LogP contribution is 2.20. The molecule has 4 rings (SSSR count). The Labute approximate surface area is 133 Å². The van der Waals surface area contributed by atoms with Gasteiger partial charge in [0.05, 0.1) is 11.9 Å². The number of carbonyl (C=O) groups excluding carboxylic acids is 1. The highest BCUT2D eigenvalue weighted by Gasteiger charge is 2.22. The maximum atomic E-state index is 12.4. The minimum atomic E-state index is -0.116. The first-order chi connectivity index (χ1) is 11.2. The number of hydrogen-bond acceptors (Lipinski definition) is 3. The van der Waals surface area contributed by atoms with Crippen molar-refractivity contribution in [1.82, 2.24) is 30.3 Å². The highest BCUT2D eigenvalue weighted by molar-refractivity contribution is 5.93. The zero-order chi connectivity index (χ0) is 15.8. The van der Waals surface area contributed by atoms with E-state index >= 15 is 0 Å². The summed E-state index contributed by atoms with van der Waals surface area (Å²) in [6, 6.07) is 5.85. The Bertz CT molecular complexity index is 842. The maximum absolute atomic E-state index is 12.4. The van der Waals surface area contributed by atoms with E-state index in [2.05, 4.69) is 25.7 Å². The number of aromatic amines is 2. The minimum Gasteiger partial charge on any atom is -0.349 e. The summed E-state index contributed by atoms with van der Waals surface area (Å²) in [7, 11) is 1.95. The fraction of sp³-hybridized carbons (Fsp3) is 0.312. The molecule has 1 aliphatic rings. The summed E-state index contributed by atoms with van der Waals surface area (Å²) in [5.41, 5.74) is 4.60. The van der Waals surface area contributed by atoms with Gasteiger partial charge in [0.15, 0.2) is 0 Å². The number of amides is 1. The van der Waals surface area contributed by atoms with E-state index in [-0.39, 0.29) is 11.9 Å². The van der Waals surface area contributed by atoms with Gasteiger partial charge in [0, 0.05) is 25.0 Å². The number of H-pyrrole nitrogens is 2. The van der Waals surface area contributed by atoms with E-state index in [1.165, 1.54) is 11.3 Å². The molecule has 0 spiro atoms. The molecule has 0 fully saturated rings. The Morgan fingerprint density at radius 2 is 2.35 bits per heavy atom. The van der Waals surface area contributed by atoms with Gasteiger partial charge < -0.3 is 9.88 Å². The van der Waals surface area contributed by atoms with E-state index < -0.39 is 0 Å². The molecule has 0 aliphatic heterocycles. The van der Waals surface area contributed by atoms with Crippen molar-refractivity contribution < 1.29 is 4.79 Å². The topological polar surface area (TPSA) is 91.4 Å². The number of hydrogen-bond donors (Lipinski definition) is 3. The summed E-state index contributed by atoms with van der Waals surface area (Å²) >= 11 is 0. The van der Waals surface area contributed by atoms with Crippen molar-refractivity contribution in [3.05, 3.63) is 47.5 Å². The van der Waals surface area contributed by atoms with E-state index in [1.54, 1.807) is 6.07 Å². The van der Waals surface area contributed by atoms with E-state index in [1.807, 2.05) is 36.1 Å². The Morgan fingerprint density at radius 3 is 3.17 bits per heavy atom. The van der Waals surface area contributed by atoms with Crippen molar-refractivity contribution in [1.29, 1.82) is 0 Å². The van der Waals surface area contributed by atoms with Crippen molar-refractivity contribution in [2.45, 2.75) is 25.3 Å². The molecule has 0 bridgehead atoms. The molecule has 0 radical (unpaired) electrons. The molecule has 3 aromatic rings. The first kappa shape index (κ1) is 13.8. The van der Waals surface area contributed by atoms with Gasteiger partial charge in [0.25, 0.3) is 5.91 Å². The smallest absolute Gasteiger partial charge is 0.269 e. The molecule has 3 aromatic heterocycles. The van der Waals surface area contributed by atoms with Crippen LogP contribution in [0, 0.1) is 0 Å². The summed E-state index contributed by atoms with van der Waals surface area (Å²) in [6.07, 6.45) is 6.44. The SMILES string of the molecule is Cn1cccc1-c1cc(C(=O)NC2CCc3[nH]ncc3C2)[nH]n1. The largest absolute Gasteiger partial charge is 0.349 e. The predicted molar refractivity (Wildman–Crippen MR) is 84.9 cm³/mol. The lowest BCUT2D eigenvalue weighted by Crippen LogP contribution is -2.38. The van der Waals surface area contributed by atoms with E-state index in [9.17, 15) is 4.79 Å². The van der Waals surface area contributed by atoms with E-state index in [0.717, 1.165) is 30.7 Å². The lowest BCUT2D eigenvalue weighted by atomic mass is 9.93. The van der Waals surface area contributed by atoms with Crippen molar-refractivity contribution in [3.8, 4) is 11.4 Å². The van der Waals surface area contributed by atoms with Crippen LogP contribution in [0.1, 0.15) is 28.2 Å². The quantitative estimate of drug-likeness (QED) is 0.683. The van der Waals surface area contributed by atoms with Crippen molar-refractivity contribution >= 4 is 5.91 Å². The Hall–Kier alpha value is -2.83. The molecule has 0 aromatic carbocycles. The van der Waals surface area contributed by atoms with Gasteiger partial charge in [0.1, 0.15) is 11.4 Å². The van der Waals surface area contributed by atoms with Crippen molar-refractivity contribution in [2.24, 2.45) is 7.05 Å². The molecule has 1 unspecified atom stereocenters. The number of carbonyl (C=O) groups is 1. The van der Waals surface area contributed by atoms with Crippen LogP contribution in [0.25, 0.3) is 11.4 Å². The standard InChI is InChI=1S/C16H18N6O/c1-22-6-2-3-15(22)13-8-14(21-20-13)16(23)18-11-4-5-12-10(7-11)9-17-19-12/h2-3,6,8-9,11H,4-5,7H2,1H3,(H,17,19)(H,18,23)(H,20,21). The van der Waals surface area contributed by atoms with Crippen LogP contribution in [0.2, 0.25) is 0 Å². The van der Waals surface area contributed by atoms with Gasteiger partial charge in [-0.1, -0.05) is 0 Å². The van der Waals surface area contributed by atoms with Gasteiger partial charge in [-0.25, -0.2) is 0 Å². The van der Waals surface area contributed by atoms with Gasteiger partial charge in [-0.2, -0.15) is 10.2 Å². The van der Waals surface area contributed by atoms with Crippen LogP contribution in [0.3, 0.4) is 0 Å². The van der Waals surface area contributed by atoms with Gasteiger partial charge in [-0.3, -0.25) is 15.0 Å². The zero-order valence-corrected chi connectivity index (χ0v) is 12.8. The third-order valence-electron chi connectivity index (χ3n) is 4.38. The Morgan fingerprint density at radius 1 is 1.43 bits per heavy atom. The second kappa shape index (κ2) is 5.42. The zero-order valence-electron chi connectivity index (χ0n) is 12.8. The van der Waals surface area contributed by atoms with Gasteiger partial charge in [-0.15, -0.1) is 0 Å². The van der Waals surface area contributed by atoms with Crippen LogP contribution in [0.4, 0.5) is 0 Å². The molecular weight excluding hydrogens is 292 g/mol. The molecule has 118 valence electrons. The number of fused-ring (bicyclic) bond motifs is 1. The van der Waals surface area contributed by atoms with E-state index in [0.29, 0.717) is 5.69 Å². The highest BCUT2D eigenvalue weighted by atomic mass is 16.2. The monoisotopic (exact) mass is 310 g/mol. The Kier molecular flexibility index (Phi) is 3.25. The molecule has 1 atom stereocenters. The number of aryl methyl sites for hydroxylation is 2.